The van der Waals surface area contributed by atoms with E-state index >= 15 is 0 Å². The summed E-state index contributed by atoms with van der Waals surface area (Å²) in [4.78, 5) is 42.3. The van der Waals surface area contributed by atoms with Crippen LogP contribution in [0.25, 0.3) is 17.2 Å². The molecule has 3 aromatic rings. The monoisotopic (exact) mass is 501 g/mol. The Kier molecular flexibility index (Phi) is 8.09. The smallest absolute Gasteiger partial charge is 0.328 e. The van der Waals surface area contributed by atoms with Crippen LogP contribution in [0, 0.1) is 6.92 Å². The lowest BCUT2D eigenvalue weighted by Crippen LogP contribution is -2.47. The molecular formula is C27H31N7O3. The van der Waals surface area contributed by atoms with Gasteiger partial charge in [0.05, 0.1) is 6.54 Å². The van der Waals surface area contributed by atoms with Crippen molar-refractivity contribution in [2.75, 3.05) is 49.6 Å². The lowest BCUT2D eigenvalue weighted by Gasteiger charge is -2.36. The highest BCUT2D eigenvalue weighted by atomic mass is 16.4. The zero-order valence-corrected chi connectivity index (χ0v) is 21.0. The molecule has 10 heteroatoms. The van der Waals surface area contributed by atoms with E-state index in [9.17, 15) is 9.59 Å². The number of likely N-dealkylation sites (N-methyl/N-ethyl adjacent to an activating group) is 1. The van der Waals surface area contributed by atoms with Gasteiger partial charge in [-0.2, -0.15) is 0 Å². The standard InChI is InChI=1S/C27H31N7O3/c1-19-12-20(6-7-25(36)37)15-29-26(19)33-8-10-34(11-9-33)27-30-16-23(17-31-27)22-5-3-4-21(13-22)18-32(2)24(35)14-28/h3-7,12-13,15-17H,8-11,14,18,28H2,1-2H3,(H,36,37). The Labute approximate surface area is 216 Å². The second-order valence-corrected chi connectivity index (χ2v) is 8.98. The normalized spacial score (nSPS) is 13.7. The van der Waals surface area contributed by atoms with Crippen LogP contribution in [0.4, 0.5) is 11.8 Å². The van der Waals surface area contributed by atoms with E-state index in [0.717, 1.165) is 65.9 Å². The van der Waals surface area contributed by atoms with Gasteiger partial charge in [-0.1, -0.05) is 18.2 Å². The lowest BCUT2D eigenvalue weighted by atomic mass is 10.1. The fraction of sp³-hybridized carbons (Fsp3) is 0.296. The van der Waals surface area contributed by atoms with Gasteiger partial charge in [0.25, 0.3) is 0 Å². The highest BCUT2D eigenvalue weighted by Gasteiger charge is 2.21. The number of carboxylic acid groups (broad SMARTS) is 1. The van der Waals surface area contributed by atoms with Gasteiger partial charge in [0, 0.05) is 70.0 Å². The van der Waals surface area contributed by atoms with Crippen molar-refractivity contribution in [1.82, 2.24) is 19.9 Å². The van der Waals surface area contributed by atoms with Crippen molar-refractivity contribution in [3.63, 3.8) is 0 Å². The summed E-state index contributed by atoms with van der Waals surface area (Å²) >= 11 is 0. The number of carbonyl (C=O) groups is 2. The van der Waals surface area contributed by atoms with Crippen LogP contribution in [0.2, 0.25) is 0 Å². The van der Waals surface area contributed by atoms with E-state index in [0.29, 0.717) is 12.5 Å². The Morgan fingerprint density at radius 3 is 2.38 bits per heavy atom. The summed E-state index contributed by atoms with van der Waals surface area (Å²) in [6.45, 7) is 5.55. The molecule has 0 atom stereocenters. The number of hydrogen-bond donors (Lipinski definition) is 2. The number of rotatable bonds is 8. The Bertz CT molecular complexity index is 1290. The molecule has 4 rings (SSSR count). The van der Waals surface area contributed by atoms with Gasteiger partial charge < -0.3 is 25.5 Å². The first-order chi connectivity index (χ1) is 17.8. The fourth-order valence-electron chi connectivity index (χ4n) is 4.30. The predicted octanol–water partition coefficient (Wildman–Crippen LogP) is 2.19. The first kappa shape index (κ1) is 25.8. The van der Waals surface area contributed by atoms with Crippen LogP contribution in [0.3, 0.4) is 0 Å². The maximum Gasteiger partial charge on any atom is 0.328 e. The van der Waals surface area contributed by atoms with Gasteiger partial charge in [-0.25, -0.2) is 19.7 Å². The van der Waals surface area contributed by atoms with Crippen LogP contribution in [-0.2, 0) is 16.1 Å². The molecule has 1 fully saturated rings. The number of anilines is 2. The molecule has 1 aromatic carbocycles. The maximum absolute atomic E-state index is 11.8. The number of carboxylic acids is 1. The molecule has 0 unspecified atom stereocenters. The summed E-state index contributed by atoms with van der Waals surface area (Å²) in [5.41, 5.74) is 10.1. The minimum absolute atomic E-state index is 0.00561. The zero-order valence-electron chi connectivity index (χ0n) is 21.0. The molecule has 0 aliphatic carbocycles. The topological polar surface area (TPSA) is 129 Å². The highest BCUT2D eigenvalue weighted by molar-refractivity contribution is 5.85. The van der Waals surface area contributed by atoms with Crippen molar-refractivity contribution >= 4 is 29.7 Å². The molecule has 37 heavy (non-hydrogen) atoms. The summed E-state index contributed by atoms with van der Waals surface area (Å²) in [5.74, 6) is 0.508. The summed E-state index contributed by atoms with van der Waals surface area (Å²) in [5, 5.41) is 8.81. The number of aliphatic carboxylic acids is 1. The predicted molar refractivity (Wildman–Crippen MR) is 143 cm³/mol. The molecule has 0 radical (unpaired) electrons. The Morgan fingerprint density at radius 2 is 1.73 bits per heavy atom. The third-order valence-corrected chi connectivity index (χ3v) is 6.27. The molecule has 192 valence electrons. The van der Waals surface area contributed by atoms with Crippen molar-refractivity contribution in [2.24, 2.45) is 5.73 Å². The molecule has 0 bridgehead atoms. The van der Waals surface area contributed by atoms with Crippen molar-refractivity contribution in [3.05, 3.63) is 71.7 Å². The summed E-state index contributed by atoms with van der Waals surface area (Å²) in [6, 6.07) is 9.93. The van der Waals surface area contributed by atoms with E-state index in [-0.39, 0.29) is 12.5 Å². The zero-order chi connectivity index (χ0) is 26.4. The van der Waals surface area contributed by atoms with E-state index in [4.69, 9.17) is 10.8 Å². The summed E-state index contributed by atoms with van der Waals surface area (Å²) < 4.78 is 0. The van der Waals surface area contributed by atoms with Gasteiger partial charge in [0.15, 0.2) is 0 Å². The first-order valence-electron chi connectivity index (χ1n) is 12.1. The number of nitrogens with two attached hydrogens (primary N) is 1. The van der Waals surface area contributed by atoms with Crippen LogP contribution < -0.4 is 15.5 Å². The molecule has 0 spiro atoms. The molecular weight excluding hydrogens is 470 g/mol. The summed E-state index contributed by atoms with van der Waals surface area (Å²) in [7, 11) is 1.74. The van der Waals surface area contributed by atoms with Crippen molar-refractivity contribution in [3.8, 4) is 11.1 Å². The molecule has 10 nitrogen and oxygen atoms in total. The maximum atomic E-state index is 11.8. The van der Waals surface area contributed by atoms with Gasteiger partial charge in [-0.15, -0.1) is 0 Å². The lowest BCUT2D eigenvalue weighted by molar-refractivity contribution is -0.131. The molecule has 2 aromatic heterocycles. The minimum Gasteiger partial charge on any atom is -0.478 e. The molecule has 1 saturated heterocycles. The average Bonchev–Trinajstić information content (AvgIpc) is 2.92. The van der Waals surface area contributed by atoms with Crippen LogP contribution in [0.5, 0.6) is 0 Å². The highest BCUT2D eigenvalue weighted by Crippen LogP contribution is 2.23. The van der Waals surface area contributed by atoms with Gasteiger partial charge in [-0.05, 0) is 47.4 Å². The Morgan fingerprint density at radius 1 is 1.03 bits per heavy atom. The van der Waals surface area contributed by atoms with E-state index in [1.54, 1.807) is 24.2 Å². The number of nitrogens with zero attached hydrogens (tertiary/aromatic N) is 6. The number of aryl methyl sites for hydroxylation is 1. The fourth-order valence-corrected chi connectivity index (χ4v) is 4.30. The molecule has 1 amide bonds. The van der Waals surface area contributed by atoms with Crippen molar-refractivity contribution in [2.45, 2.75) is 13.5 Å². The Hall–Kier alpha value is -4.31. The van der Waals surface area contributed by atoms with Crippen molar-refractivity contribution < 1.29 is 14.7 Å². The van der Waals surface area contributed by atoms with Crippen molar-refractivity contribution in [1.29, 1.82) is 0 Å². The van der Waals surface area contributed by atoms with E-state index in [1.807, 2.05) is 49.6 Å². The van der Waals surface area contributed by atoms with Gasteiger partial charge in [0.2, 0.25) is 11.9 Å². The third kappa shape index (κ3) is 6.47. The number of carbonyl (C=O) groups excluding carboxylic acids is 1. The van der Waals surface area contributed by atoms with E-state index in [1.165, 1.54) is 0 Å². The van der Waals surface area contributed by atoms with Crippen LogP contribution in [0.15, 0.2) is 55.0 Å². The number of aromatic nitrogens is 3. The molecule has 1 aliphatic rings. The quantitative estimate of drug-likeness (QED) is 0.446. The molecule has 3 heterocycles. The average molecular weight is 502 g/mol. The number of piperazine rings is 1. The third-order valence-electron chi connectivity index (χ3n) is 6.27. The minimum atomic E-state index is -0.981. The Balaban J connectivity index is 1.37. The van der Waals surface area contributed by atoms with E-state index in [2.05, 4.69) is 24.8 Å². The number of amides is 1. The molecule has 0 saturated carbocycles. The SMILES string of the molecule is Cc1cc(C=CC(=O)O)cnc1N1CCN(c2ncc(-c3cccc(CN(C)C(=O)CN)c3)cn2)CC1. The van der Waals surface area contributed by atoms with Gasteiger partial charge in [0.1, 0.15) is 5.82 Å². The van der Waals surface area contributed by atoms with E-state index < -0.39 is 5.97 Å². The number of hydrogen-bond acceptors (Lipinski definition) is 8. The largest absolute Gasteiger partial charge is 0.478 e. The first-order valence-corrected chi connectivity index (χ1v) is 12.1. The van der Waals surface area contributed by atoms with Crippen LogP contribution >= 0.6 is 0 Å². The van der Waals surface area contributed by atoms with Crippen LogP contribution in [0.1, 0.15) is 16.7 Å². The summed E-state index contributed by atoms with van der Waals surface area (Å²) in [6.07, 6.45) is 8.01. The second kappa shape index (κ2) is 11.6. The number of benzene rings is 1. The van der Waals surface area contributed by atoms with Gasteiger partial charge in [-0.3, -0.25) is 4.79 Å². The second-order valence-electron chi connectivity index (χ2n) is 8.98. The van der Waals surface area contributed by atoms with Gasteiger partial charge >= 0.3 is 5.97 Å². The number of pyridine rings is 1. The molecule has 1 aliphatic heterocycles. The van der Waals surface area contributed by atoms with Crippen LogP contribution in [-0.4, -0.2) is 76.6 Å². The molecule has 3 N–H and O–H groups in total.